The number of para-hydroxylation sites is 1. The Morgan fingerprint density at radius 2 is 1.62 bits per heavy atom. The fourth-order valence-electron chi connectivity index (χ4n) is 2.09. The molecular formula is C17H14Cl2N4O. The van der Waals surface area contributed by atoms with Crippen LogP contribution in [0.15, 0.2) is 54.9 Å². The van der Waals surface area contributed by atoms with Crippen LogP contribution in [0, 0.1) is 0 Å². The third-order valence-electron chi connectivity index (χ3n) is 3.23. The predicted octanol–water partition coefficient (Wildman–Crippen LogP) is 5.28. The Balaban J connectivity index is 1.78. The highest BCUT2D eigenvalue weighted by Gasteiger charge is 2.05. The van der Waals surface area contributed by atoms with Crippen molar-refractivity contribution < 1.29 is 4.74 Å². The van der Waals surface area contributed by atoms with E-state index < -0.39 is 0 Å². The smallest absolute Gasteiger partial charge is 0.137 e. The lowest BCUT2D eigenvalue weighted by Crippen LogP contribution is -1.99. The fourth-order valence-corrected chi connectivity index (χ4v) is 2.53. The SMILES string of the molecule is COc1ccc(Nc2cc(Nc3ccccc3Cl)ncn2)cc1Cl. The van der Waals surface area contributed by atoms with Crippen molar-refractivity contribution in [3.63, 3.8) is 0 Å². The summed E-state index contributed by atoms with van der Waals surface area (Å²) in [5.41, 5.74) is 1.57. The first kappa shape index (κ1) is 16.4. The van der Waals surface area contributed by atoms with Gasteiger partial charge in [-0.15, -0.1) is 0 Å². The summed E-state index contributed by atoms with van der Waals surface area (Å²) in [7, 11) is 1.57. The van der Waals surface area contributed by atoms with Gasteiger partial charge in [0.1, 0.15) is 23.7 Å². The van der Waals surface area contributed by atoms with Crippen molar-refractivity contribution in [2.75, 3.05) is 17.7 Å². The van der Waals surface area contributed by atoms with Gasteiger partial charge in [0.15, 0.2) is 0 Å². The van der Waals surface area contributed by atoms with Crippen LogP contribution in [0.4, 0.5) is 23.0 Å². The standard InChI is InChI=1S/C17H14Cl2N4O/c1-24-15-7-6-11(8-13(15)19)22-16-9-17(21-10-20-16)23-14-5-3-2-4-12(14)18/h2-10H,1H3,(H2,20,21,22,23). The van der Waals surface area contributed by atoms with Crippen molar-refractivity contribution in [1.82, 2.24) is 9.97 Å². The Morgan fingerprint density at radius 1 is 0.875 bits per heavy atom. The van der Waals surface area contributed by atoms with Crippen LogP contribution in [-0.4, -0.2) is 17.1 Å². The van der Waals surface area contributed by atoms with E-state index in [-0.39, 0.29) is 0 Å². The molecule has 1 heterocycles. The number of aromatic nitrogens is 2. The van der Waals surface area contributed by atoms with E-state index >= 15 is 0 Å². The number of benzene rings is 2. The van der Waals surface area contributed by atoms with Crippen LogP contribution in [-0.2, 0) is 0 Å². The van der Waals surface area contributed by atoms with Gasteiger partial charge in [0.05, 0.1) is 22.8 Å². The van der Waals surface area contributed by atoms with E-state index in [4.69, 9.17) is 27.9 Å². The summed E-state index contributed by atoms with van der Waals surface area (Å²) in [6.45, 7) is 0. The number of hydrogen-bond donors (Lipinski definition) is 2. The van der Waals surface area contributed by atoms with Gasteiger partial charge in [0.25, 0.3) is 0 Å². The Morgan fingerprint density at radius 3 is 2.33 bits per heavy atom. The summed E-state index contributed by atoms with van der Waals surface area (Å²) >= 11 is 12.3. The van der Waals surface area contributed by atoms with Crippen LogP contribution in [0.1, 0.15) is 0 Å². The molecule has 0 aliphatic rings. The van der Waals surface area contributed by atoms with Crippen molar-refractivity contribution in [3.8, 4) is 5.75 Å². The van der Waals surface area contributed by atoms with Crippen LogP contribution in [0.25, 0.3) is 0 Å². The first-order valence-electron chi connectivity index (χ1n) is 7.10. The van der Waals surface area contributed by atoms with Crippen molar-refractivity contribution in [3.05, 3.63) is 64.9 Å². The Bertz CT molecular complexity index is 857. The van der Waals surface area contributed by atoms with Gasteiger partial charge in [-0.1, -0.05) is 35.3 Å². The van der Waals surface area contributed by atoms with Crippen molar-refractivity contribution >= 4 is 46.2 Å². The maximum atomic E-state index is 6.14. The van der Waals surface area contributed by atoms with Gasteiger partial charge in [-0.2, -0.15) is 0 Å². The Kier molecular flexibility index (Phi) is 5.03. The quantitative estimate of drug-likeness (QED) is 0.648. The molecule has 2 aromatic carbocycles. The molecule has 0 saturated heterocycles. The third-order valence-corrected chi connectivity index (χ3v) is 3.85. The maximum Gasteiger partial charge on any atom is 0.137 e. The number of nitrogens with zero attached hydrogens (tertiary/aromatic N) is 2. The summed E-state index contributed by atoms with van der Waals surface area (Å²) in [4.78, 5) is 8.40. The molecule has 0 spiro atoms. The summed E-state index contributed by atoms with van der Waals surface area (Å²) in [6, 6.07) is 14.6. The molecule has 0 amide bonds. The number of nitrogens with one attached hydrogen (secondary N) is 2. The van der Waals surface area contributed by atoms with E-state index in [2.05, 4.69) is 20.6 Å². The molecule has 0 saturated carbocycles. The molecule has 122 valence electrons. The Labute approximate surface area is 149 Å². The van der Waals surface area contributed by atoms with Crippen LogP contribution in [0.3, 0.4) is 0 Å². The topological polar surface area (TPSA) is 59.1 Å². The minimum atomic E-state index is 0.519. The van der Waals surface area contributed by atoms with Gasteiger partial charge >= 0.3 is 0 Å². The normalized spacial score (nSPS) is 10.3. The molecule has 3 rings (SSSR count). The number of halogens is 2. The molecule has 24 heavy (non-hydrogen) atoms. The van der Waals surface area contributed by atoms with Gasteiger partial charge in [-0.05, 0) is 30.3 Å². The molecule has 0 fully saturated rings. The number of methoxy groups -OCH3 is 1. The lowest BCUT2D eigenvalue weighted by molar-refractivity contribution is 0.415. The monoisotopic (exact) mass is 360 g/mol. The van der Waals surface area contributed by atoms with Crippen LogP contribution >= 0.6 is 23.2 Å². The molecular weight excluding hydrogens is 347 g/mol. The second-order valence-electron chi connectivity index (χ2n) is 4.87. The number of anilines is 4. The third kappa shape index (κ3) is 3.88. The van der Waals surface area contributed by atoms with E-state index in [0.29, 0.717) is 27.4 Å². The molecule has 0 radical (unpaired) electrons. The fraction of sp³-hybridized carbons (Fsp3) is 0.0588. The van der Waals surface area contributed by atoms with Gasteiger partial charge < -0.3 is 15.4 Å². The summed E-state index contributed by atoms with van der Waals surface area (Å²) in [5, 5.41) is 7.47. The molecule has 5 nitrogen and oxygen atoms in total. The van der Waals surface area contributed by atoms with Crippen LogP contribution < -0.4 is 15.4 Å². The number of rotatable bonds is 5. The zero-order valence-corrected chi connectivity index (χ0v) is 14.3. The largest absolute Gasteiger partial charge is 0.495 e. The number of hydrogen-bond acceptors (Lipinski definition) is 5. The van der Waals surface area contributed by atoms with E-state index in [1.165, 1.54) is 6.33 Å². The molecule has 0 atom stereocenters. The average molecular weight is 361 g/mol. The van der Waals surface area contributed by atoms with Gasteiger partial charge in [0, 0.05) is 11.8 Å². The lowest BCUT2D eigenvalue weighted by Gasteiger charge is -2.10. The molecule has 2 N–H and O–H groups in total. The molecule has 0 aliphatic carbocycles. The zero-order valence-electron chi connectivity index (χ0n) is 12.8. The van der Waals surface area contributed by atoms with Crippen molar-refractivity contribution in [2.24, 2.45) is 0 Å². The maximum absolute atomic E-state index is 6.14. The second kappa shape index (κ2) is 7.38. The first-order valence-corrected chi connectivity index (χ1v) is 7.85. The van der Waals surface area contributed by atoms with Crippen LogP contribution in [0.2, 0.25) is 10.0 Å². The minimum absolute atomic E-state index is 0.519. The highest BCUT2D eigenvalue weighted by molar-refractivity contribution is 6.33. The second-order valence-corrected chi connectivity index (χ2v) is 5.68. The van der Waals surface area contributed by atoms with Crippen LogP contribution in [0.5, 0.6) is 5.75 Å². The summed E-state index contributed by atoms with van der Waals surface area (Å²) in [5.74, 6) is 1.87. The number of ether oxygens (including phenoxy) is 1. The molecule has 7 heteroatoms. The van der Waals surface area contributed by atoms with Crippen molar-refractivity contribution in [1.29, 1.82) is 0 Å². The average Bonchev–Trinajstić information content (AvgIpc) is 2.58. The highest BCUT2D eigenvalue weighted by Crippen LogP contribution is 2.29. The summed E-state index contributed by atoms with van der Waals surface area (Å²) < 4.78 is 5.14. The Hall–Kier alpha value is -2.50. The zero-order chi connectivity index (χ0) is 16.9. The summed E-state index contributed by atoms with van der Waals surface area (Å²) in [6.07, 6.45) is 1.46. The molecule has 0 aliphatic heterocycles. The van der Waals surface area contributed by atoms with E-state index in [1.807, 2.05) is 30.3 Å². The van der Waals surface area contributed by atoms with Gasteiger partial charge in [0.2, 0.25) is 0 Å². The minimum Gasteiger partial charge on any atom is -0.495 e. The first-order chi connectivity index (χ1) is 11.7. The predicted molar refractivity (Wildman–Crippen MR) is 98.1 cm³/mol. The highest BCUT2D eigenvalue weighted by atomic mass is 35.5. The van der Waals surface area contributed by atoms with E-state index in [9.17, 15) is 0 Å². The van der Waals surface area contributed by atoms with Gasteiger partial charge in [-0.25, -0.2) is 9.97 Å². The lowest BCUT2D eigenvalue weighted by atomic mass is 10.3. The molecule has 1 aromatic heterocycles. The molecule has 0 bridgehead atoms. The van der Waals surface area contributed by atoms with Gasteiger partial charge in [-0.3, -0.25) is 0 Å². The van der Waals surface area contributed by atoms with Crippen molar-refractivity contribution in [2.45, 2.75) is 0 Å². The van der Waals surface area contributed by atoms with E-state index in [0.717, 1.165) is 11.4 Å². The molecule has 3 aromatic rings. The molecule has 0 unspecified atom stereocenters. The van der Waals surface area contributed by atoms with E-state index in [1.54, 1.807) is 25.3 Å².